The van der Waals surface area contributed by atoms with Crippen LogP contribution in [0.25, 0.3) is 0 Å². The normalized spacial score (nSPS) is 28.7. The highest BCUT2D eigenvalue weighted by Crippen LogP contribution is 2.32. The first-order chi connectivity index (χ1) is 9.39. The van der Waals surface area contributed by atoms with Gasteiger partial charge in [-0.2, -0.15) is 9.40 Å². The zero-order valence-electron chi connectivity index (χ0n) is 12.6. The zero-order chi connectivity index (χ0) is 14.5. The lowest BCUT2D eigenvalue weighted by Gasteiger charge is -2.34. The topological polar surface area (TPSA) is 67.2 Å². The molecular formula is C13H23ClN4O2S. The third-order valence-electron chi connectivity index (χ3n) is 4.81. The molecule has 3 rings (SSSR count). The van der Waals surface area contributed by atoms with Gasteiger partial charge in [-0.05, 0) is 32.6 Å². The largest absolute Gasteiger partial charge is 0.311 e. The molecule has 1 aromatic rings. The second-order valence-electron chi connectivity index (χ2n) is 6.00. The molecule has 1 N–H and O–H groups in total. The van der Waals surface area contributed by atoms with Crippen LogP contribution in [0.5, 0.6) is 0 Å². The van der Waals surface area contributed by atoms with E-state index in [1.807, 2.05) is 0 Å². The summed E-state index contributed by atoms with van der Waals surface area (Å²) >= 11 is 0. The standard InChI is InChI=1S/C13H22N4O2S.ClH/c1-9-13(8-14-16(9)2)20(18,19)17(3)12-6-10-4-5-11(7-12)15-10;/h8,10-12,15H,4-7H2,1-3H3;1H. The summed E-state index contributed by atoms with van der Waals surface area (Å²) in [5.74, 6) is 0. The fourth-order valence-corrected chi connectivity index (χ4v) is 4.97. The minimum Gasteiger partial charge on any atom is -0.311 e. The molecule has 120 valence electrons. The van der Waals surface area contributed by atoms with Gasteiger partial charge in [-0.15, -0.1) is 12.4 Å². The number of aromatic nitrogens is 2. The summed E-state index contributed by atoms with van der Waals surface area (Å²) < 4.78 is 28.7. The molecule has 0 aromatic carbocycles. The zero-order valence-corrected chi connectivity index (χ0v) is 14.2. The fraction of sp³-hybridized carbons (Fsp3) is 0.769. The van der Waals surface area contributed by atoms with Crippen LogP contribution in [0, 0.1) is 6.92 Å². The summed E-state index contributed by atoms with van der Waals surface area (Å²) in [4.78, 5) is 0.327. The molecule has 2 aliphatic rings. The molecule has 2 bridgehead atoms. The molecule has 8 heteroatoms. The predicted octanol–water partition coefficient (Wildman–Crippen LogP) is 1.05. The Kier molecular flexibility index (Phi) is 4.68. The Morgan fingerprint density at radius 2 is 1.90 bits per heavy atom. The maximum atomic E-state index is 12.8. The smallest absolute Gasteiger partial charge is 0.246 e. The lowest BCUT2D eigenvalue weighted by Crippen LogP contribution is -2.48. The van der Waals surface area contributed by atoms with E-state index in [4.69, 9.17) is 0 Å². The van der Waals surface area contributed by atoms with Gasteiger partial charge in [-0.3, -0.25) is 4.68 Å². The number of aryl methyl sites for hydroxylation is 1. The van der Waals surface area contributed by atoms with Crippen LogP contribution < -0.4 is 5.32 Å². The molecule has 0 aliphatic carbocycles. The van der Waals surface area contributed by atoms with Crippen molar-refractivity contribution in [3.63, 3.8) is 0 Å². The van der Waals surface area contributed by atoms with E-state index in [1.54, 1.807) is 30.0 Å². The van der Waals surface area contributed by atoms with Gasteiger partial charge in [-0.25, -0.2) is 8.42 Å². The van der Waals surface area contributed by atoms with E-state index in [0.717, 1.165) is 12.8 Å². The summed E-state index contributed by atoms with van der Waals surface area (Å²) in [6, 6.07) is 1.05. The number of hydrogen-bond acceptors (Lipinski definition) is 4. The van der Waals surface area contributed by atoms with Gasteiger partial charge in [-0.1, -0.05) is 0 Å². The summed E-state index contributed by atoms with van der Waals surface area (Å²) in [5, 5.41) is 7.59. The van der Waals surface area contributed by atoms with Crippen LogP contribution in [0.2, 0.25) is 0 Å². The molecule has 1 aromatic heterocycles. The third kappa shape index (κ3) is 2.84. The number of nitrogens with one attached hydrogen (secondary N) is 1. The Hall–Kier alpha value is -0.630. The predicted molar refractivity (Wildman–Crippen MR) is 83.1 cm³/mol. The first-order valence-corrected chi connectivity index (χ1v) is 8.56. The minimum absolute atomic E-state index is 0. The van der Waals surface area contributed by atoms with Gasteiger partial charge in [0.2, 0.25) is 10.0 Å². The van der Waals surface area contributed by atoms with Crippen LogP contribution in [-0.4, -0.2) is 47.7 Å². The molecule has 2 atom stereocenters. The monoisotopic (exact) mass is 334 g/mol. The third-order valence-corrected chi connectivity index (χ3v) is 6.82. The van der Waals surface area contributed by atoms with E-state index < -0.39 is 10.0 Å². The van der Waals surface area contributed by atoms with Crippen molar-refractivity contribution in [2.45, 2.75) is 55.6 Å². The van der Waals surface area contributed by atoms with Gasteiger partial charge in [0.25, 0.3) is 0 Å². The van der Waals surface area contributed by atoms with Crippen LogP contribution in [0.3, 0.4) is 0 Å². The van der Waals surface area contributed by atoms with Crippen LogP contribution in [0.4, 0.5) is 0 Å². The number of rotatable bonds is 3. The van der Waals surface area contributed by atoms with Crippen LogP contribution in [0.1, 0.15) is 31.4 Å². The lowest BCUT2D eigenvalue weighted by molar-refractivity contribution is 0.251. The Labute approximate surface area is 132 Å². The molecule has 2 fully saturated rings. The number of nitrogens with zero attached hydrogens (tertiary/aromatic N) is 3. The van der Waals surface area contributed by atoms with Crippen molar-refractivity contribution in [1.82, 2.24) is 19.4 Å². The molecule has 2 aliphatic heterocycles. The van der Waals surface area contributed by atoms with Crippen molar-refractivity contribution in [3.05, 3.63) is 11.9 Å². The molecule has 3 heterocycles. The number of fused-ring (bicyclic) bond motifs is 2. The minimum atomic E-state index is -3.45. The Balaban J connectivity index is 0.00000161. The summed E-state index contributed by atoms with van der Waals surface area (Å²) in [7, 11) is 0.0233. The second-order valence-corrected chi connectivity index (χ2v) is 7.97. The Bertz CT molecular complexity index is 604. The lowest BCUT2D eigenvalue weighted by atomic mass is 10.0. The maximum absolute atomic E-state index is 12.8. The Morgan fingerprint density at radius 1 is 1.33 bits per heavy atom. The highest BCUT2D eigenvalue weighted by Gasteiger charge is 2.39. The van der Waals surface area contributed by atoms with Crippen molar-refractivity contribution < 1.29 is 8.42 Å². The molecule has 2 saturated heterocycles. The van der Waals surface area contributed by atoms with Crippen molar-refractivity contribution in [1.29, 1.82) is 0 Å². The van der Waals surface area contributed by atoms with Crippen molar-refractivity contribution in [2.75, 3.05) is 7.05 Å². The summed E-state index contributed by atoms with van der Waals surface area (Å²) in [6.07, 6.45) is 5.61. The second kappa shape index (κ2) is 5.87. The molecule has 21 heavy (non-hydrogen) atoms. The first kappa shape index (κ1) is 16.7. The van der Waals surface area contributed by atoms with E-state index in [1.165, 1.54) is 19.0 Å². The number of piperidine rings is 1. The van der Waals surface area contributed by atoms with E-state index in [0.29, 0.717) is 22.7 Å². The number of sulfonamides is 1. The van der Waals surface area contributed by atoms with E-state index in [-0.39, 0.29) is 18.4 Å². The highest BCUT2D eigenvalue weighted by molar-refractivity contribution is 7.89. The molecule has 0 spiro atoms. The molecule has 2 unspecified atom stereocenters. The fourth-order valence-electron chi connectivity index (χ4n) is 3.41. The van der Waals surface area contributed by atoms with Crippen LogP contribution >= 0.6 is 12.4 Å². The maximum Gasteiger partial charge on any atom is 0.246 e. The number of hydrogen-bond donors (Lipinski definition) is 1. The van der Waals surface area contributed by atoms with Gasteiger partial charge in [0, 0.05) is 32.2 Å². The molecule has 6 nitrogen and oxygen atoms in total. The molecule has 0 amide bonds. The quantitative estimate of drug-likeness (QED) is 0.897. The average molecular weight is 335 g/mol. The van der Waals surface area contributed by atoms with Gasteiger partial charge in [0.05, 0.1) is 11.9 Å². The SMILES string of the molecule is Cc1c(S(=O)(=O)N(C)C2CC3CCC(C2)N3)cnn1C.Cl. The van der Waals surface area contributed by atoms with Crippen molar-refractivity contribution >= 4 is 22.4 Å². The van der Waals surface area contributed by atoms with Gasteiger partial charge < -0.3 is 5.32 Å². The molecule has 0 saturated carbocycles. The van der Waals surface area contributed by atoms with Gasteiger partial charge >= 0.3 is 0 Å². The average Bonchev–Trinajstić information content (AvgIpc) is 2.92. The van der Waals surface area contributed by atoms with Gasteiger partial charge in [0.15, 0.2) is 0 Å². The van der Waals surface area contributed by atoms with Gasteiger partial charge in [0.1, 0.15) is 4.90 Å². The highest BCUT2D eigenvalue weighted by atomic mass is 35.5. The van der Waals surface area contributed by atoms with Crippen molar-refractivity contribution in [2.24, 2.45) is 7.05 Å². The molecule has 0 radical (unpaired) electrons. The van der Waals surface area contributed by atoms with Crippen LogP contribution in [-0.2, 0) is 17.1 Å². The van der Waals surface area contributed by atoms with E-state index in [2.05, 4.69) is 10.4 Å². The Morgan fingerprint density at radius 3 is 2.38 bits per heavy atom. The van der Waals surface area contributed by atoms with E-state index in [9.17, 15) is 8.42 Å². The van der Waals surface area contributed by atoms with Crippen LogP contribution in [0.15, 0.2) is 11.1 Å². The van der Waals surface area contributed by atoms with Crippen molar-refractivity contribution in [3.8, 4) is 0 Å². The van der Waals surface area contributed by atoms with E-state index >= 15 is 0 Å². The summed E-state index contributed by atoms with van der Waals surface area (Å²) in [5.41, 5.74) is 0.689. The number of halogens is 1. The summed E-state index contributed by atoms with van der Waals surface area (Å²) in [6.45, 7) is 1.79. The molecular weight excluding hydrogens is 312 g/mol. The first-order valence-electron chi connectivity index (χ1n) is 7.12.